The van der Waals surface area contributed by atoms with Crippen LogP contribution in [0.15, 0.2) is 17.6 Å². The third-order valence-electron chi connectivity index (χ3n) is 4.47. The summed E-state index contributed by atoms with van der Waals surface area (Å²) in [4.78, 5) is 15.5. The van der Waals surface area contributed by atoms with Crippen LogP contribution >= 0.6 is 0 Å². The van der Waals surface area contributed by atoms with Crippen LogP contribution in [-0.2, 0) is 14.1 Å². The molecule has 1 fully saturated rings. The summed E-state index contributed by atoms with van der Waals surface area (Å²) in [5, 5.41) is 2.75. The second kappa shape index (κ2) is 6.65. The first-order valence-electron chi connectivity index (χ1n) is 7.95. The van der Waals surface area contributed by atoms with Gasteiger partial charge < -0.3 is 14.6 Å². The Morgan fingerprint density at radius 1 is 1.29 bits per heavy atom. The van der Waals surface area contributed by atoms with Crippen LogP contribution in [0.4, 0.5) is 4.39 Å². The van der Waals surface area contributed by atoms with Crippen LogP contribution in [0.1, 0.15) is 46.0 Å². The second-order valence-corrected chi connectivity index (χ2v) is 7.02. The van der Waals surface area contributed by atoms with Crippen molar-refractivity contribution >= 4 is 19.1 Å². The third-order valence-corrected chi connectivity index (χ3v) is 4.47. The predicted molar refractivity (Wildman–Crippen MR) is 91.7 cm³/mol. The molecule has 0 spiro atoms. The zero-order chi connectivity index (χ0) is 18.1. The summed E-state index contributed by atoms with van der Waals surface area (Å²) in [7, 11) is -0.603. The van der Waals surface area contributed by atoms with E-state index in [0.29, 0.717) is 11.4 Å². The number of rotatable bonds is 4. The molecule has 0 aliphatic carbocycles. The van der Waals surface area contributed by atoms with Crippen molar-refractivity contribution in [1.29, 1.82) is 0 Å². The van der Waals surface area contributed by atoms with Gasteiger partial charge in [0.1, 0.15) is 5.82 Å². The monoisotopic (exact) mass is 334 g/mol. The molecule has 1 aliphatic heterocycles. The van der Waals surface area contributed by atoms with E-state index in [9.17, 15) is 9.18 Å². The molecule has 0 unspecified atom stereocenters. The highest BCUT2D eigenvalue weighted by Crippen LogP contribution is 2.38. The molecular formula is C17H24BFN2O3. The van der Waals surface area contributed by atoms with E-state index in [1.54, 1.807) is 19.1 Å². The fourth-order valence-electron chi connectivity index (χ4n) is 2.26. The summed E-state index contributed by atoms with van der Waals surface area (Å²) in [5.41, 5.74) is 0.654. The van der Waals surface area contributed by atoms with Crippen LogP contribution in [0.25, 0.3) is 6.08 Å². The molecule has 5 nitrogen and oxygen atoms in total. The van der Waals surface area contributed by atoms with E-state index < -0.39 is 18.3 Å². The van der Waals surface area contributed by atoms with E-state index in [1.165, 1.54) is 13.0 Å². The van der Waals surface area contributed by atoms with E-state index in [1.807, 2.05) is 27.7 Å². The molecule has 1 aromatic heterocycles. The maximum absolute atomic E-state index is 13.4. The number of aryl methyl sites for hydroxylation is 1. The van der Waals surface area contributed by atoms with E-state index in [-0.39, 0.29) is 18.3 Å². The van der Waals surface area contributed by atoms with Gasteiger partial charge in [-0.2, -0.15) is 0 Å². The van der Waals surface area contributed by atoms with Gasteiger partial charge in [0.05, 0.1) is 22.6 Å². The third kappa shape index (κ3) is 4.02. The molecule has 0 bridgehead atoms. The van der Waals surface area contributed by atoms with Gasteiger partial charge in [-0.15, -0.1) is 0 Å². The lowest BCUT2D eigenvalue weighted by atomic mass is 9.77. The summed E-state index contributed by atoms with van der Waals surface area (Å²) in [6, 6.07) is 2.95. The van der Waals surface area contributed by atoms with Crippen molar-refractivity contribution in [2.75, 3.05) is 6.54 Å². The van der Waals surface area contributed by atoms with Crippen LogP contribution in [0.3, 0.4) is 0 Å². The van der Waals surface area contributed by atoms with Crippen molar-refractivity contribution in [2.24, 2.45) is 0 Å². The Morgan fingerprint density at radius 2 is 1.88 bits per heavy atom. The predicted octanol–water partition coefficient (Wildman–Crippen LogP) is 2.68. The van der Waals surface area contributed by atoms with E-state index >= 15 is 0 Å². The van der Waals surface area contributed by atoms with Crippen LogP contribution < -0.4 is 5.32 Å². The standard InChI is InChI=1S/C17H24BFN2O3/c1-11-15(19)8-7-14(21-11)9-13(10-20-12(2)22)18-23-16(3,4)17(5,6)24-18/h7-9H,10H2,1-6H3,(H,20,22). The first-order chi connectivity index (χ1) is 11.0. The van der Waals surface area contributed by atoms with Crippen molar-refractivity contribution in [2.45, 2.75) is 52.7 Å². The number of aromatic nitrogens is 1. The lowest BCUT2D eigenvalue weighted by Gasteiger charge is -2.32. The van der Waals surface area contributed by atoms with Crippen molar-refractivity contribution in [3.05, 3.63) is 34.8 Å². The molecule has 0 atom stereocenters. The molecule has 2 heterocycles. The van der Waals surface area contributed by atoms with Crippen LogP contribution in [-0.4, -0.2) is 35.8 Å². The van der Waals surface area contributed by atoms with Crippen molar-refractivity contribution < 1.29 is 18.5 Å². The van der Waals surface area contributed by atoms with Crippen molar-refractivity contribution in [1.82, 2.24) is 10.3 Å². The molecular weight excluding hydrogens is 310 g/mol. The zero-order valence-corrected chi connectivity index (χ0v) is 15.1. The molecule has 1 aliphatic rings. The van der Waals surface area contributed by atoms with Crippen molar-refractivity contribution in [3.63, 3.8) is 0 Å². The minimum atomic E-state index is -0.603. The molecule has 24 heavy (non-hydrogen) atoms. The zero-order valence-electron chi connectivity index (χ0n) is 15.1. The molecule has 1 amide bonds. The molecule has 1 aromatic rings. The highest BCUT2D eigenvalue weighted by Gasteiger charge is 2.52. The molecule has 1 saturated heterocycles. The molecule has 1 N–H and O–H groups in total. The molecule has 0 saturated carbocycles. The van der Waals surface area contributed by atoms with E-state index in [2.05, 4.69) is 10.3 Å². The quantitative estimate of drug-likeness (QED) is 0.860. The number of amides is 1. The van der Waals surface area contributed by atoms with Gasteiger partial charge in [-0.25, -0.2) is 4.39 Å². The molecule has 0 radical (unpaired) electrons. The van der Waals surface area contributed by atoms with Gasteiger partial charge in [0.15, 0.2) is 0 Å². The first kappa shape index (κ1) is 18.6. The summed E-state index contributed by atoms with van der Waals surface area (Å²) >= 11 is 0. The SMILES string of the molecule is CC(=O)NCC(=Cc1ccc(F)c(C)n1)B1OC(C)(C)C(C)(C)O1. The fraction of sp³-hybridized carbons (Fsp3) is 0.529. The largest absolute Gasteiger partial charge is 0.492 e. The number of hydrogen-bond acceptors (Lipinski definition) is 4. The minimum absolute atomic E-state index is 0.152. The van der Waals surface area contributed by atoms with Gasteiger partial charge in [0, 0.05) is 13.5 Å². The number of hydrogen-bond donors (Lipinski definition) is 1. The normalized spacial score (nSPS) is 19.5. The molecule has 130 valence electrons. The van der Waals surface area contributed by atoms with Crippen LogP contribution in [0, 0.1) is 12.7 Å². The number of carbonyl (C=O) groups excluding carboxylic acids is 1. The number of pyridine rings is 1. The Balaban J connectivity index is 2.33. The number of halogens is 1. The van der Waals surface area contributed by atoms with Gasteiger partial charge >= 0.3 is 7.12 Å². The van der Waals surface area contributed by atoms with Crippen molar-refractivity contribution in [3.8, 4) is 0 Å². The van der Waals surface area contributed by atoms with Gasteiger partial charge in [0.2, 0.25) is 5.91 Å². The second-order valence-electron chi connectivity index (χ2n) is 7.02. The van der Waals surface area contributed by atoms with Gasteiger partial charge in [0.25, 0.3) is 0 Å². The van der Waals surface area contributed by atoms with E-state index in [4.69, 9.17) is 9.31 Å². The molecule has 0 aromatic carbocycles. The van der Waals surface area contributed by atoms with Gasteiger partial charge in [-0.1, -0.05) is 0 Å². The van der Waals surface area contributed by atoms with Crippen LogP contribution in [0.2, 0.25) is 0 Å². The van der Waals surface area contributed by atoms with Crippen LogP contribution in [0.5, 0.6) is 0 Å². The lowest BCUT2D eigenvalue weighted by Crippen LogP contribution is -2.41. The Bertz CT molecular complexity index is 658. The van der Waals surface area contributed by atoms with Gasteiger partial charge in [-0.3, -0.25) is 9.78 Å². The topological polar surface area (TPSA) is 60.5 Å². The number of nitrogens with one attached hydrogen (secondary N) is 1. The summed E-state index contributed by atoms with van der Waals surface area (Å²) in [5.74, 6) is -0.508. The highest BCUT2D eigenvalue weighted by atomic mass is 19.1. The molecule has 2 rings (SSSR count). The maximum atomic E-state index is 13.4. The van der Waals surface area contributed by atoms with E-state index in [0.717, 1.165) is 5.47 Å². The Labute approximate surface area is 142 Å². The Morgan fingerprint density at radius 3 is 2.38 bits per heavy atom. The number of nitrogens with zero attached hydrogens (tertiary/aromatic N) is 1. The minimum Gasteiger partial charge on any atom is -0.400 e. The average molecular weight is 334 g/mol. The smallest absolute Gasteiger partial charge is 0.400 e. The first-order valence-corrected chi connectivity index (χ1v) is 7.95. The number of carbonyl (C=O) groups is 1. The van der Waals surface area contributed by atoms with Gasteiger partial charge in [-0.05, 0) is 58.3 Å². The fourth-order valence-corrected chi connectivity index (χ4v) is 2.26. The Hall–Kier alpha value is -1.73. The summed E-state index contributed by atoms with van der Waals surface area (Å²) in [6.45, 7) is 11.2. The lowest BCUT2D eigenvalue weighted by molar-refractivity contribution is -0.118. The highest BCUT2D eigenvalue weighted by molar-refractivity contribution is 6.56. The maximum Gasteiger partial charge on any atom is 0.492 e. The Kier molecular flexibility index (Phi) is 5.15. The molecule has 7 heteroatoms. The summed E-state index contributed by atoms with van der Waals surface area (Å²) in [6.07, 6.45) is 1.77. The summed E-state index contributed by atoms with van der Waals surface area (Å²) < 4.78 is 25.5. The average Bonchev–Trinajstić information content (AvgIpc) is 2.67.